The van der Waals surface area contributed by atoms with Crippen molar-refractivity contribution in [3.63, 3.8) is 0 Å². The van der Waals surface area contributed by atoms with Crippen molar-refractivity contribution in [1.29, 1.82) is 0 Å². The van der Waals surface area contributed by atoms with E-state index in [1.54, 1.807) is 12.1 Å². The number of benzene rings is 4. The molecule has 0 radical (unpaired) electrons. The first-order valence-electron chi connectivity index (χ1n) is 14.0. The fraction of sp³-hybridized carbons (Fsp3) is 0.152. The van der Waals surface area contributed by atoms with Crippen LogP contribution >= 0.6 is 25.3 Å². The van der Waals surface area contributed by atoms with Crippen LogP contribution < -0.4 is 4.48 Å². The molecule has 11 heteroatoms. The highest BCUT2D eigenvalue weighted by molar-refractivity contribution is 8.00. The summed E-state index contributed by atoms with van der Waals surface area (Å²) in [6, 6.07) is 24.3. The van der Waals surface area contributed by atoms with Gasteiger partial charge in [-0.05, 0) is 62.4 Å². The van der Waals surface area contributed by atoms with Crippen molar-refractivity contribution in [2.75, 3.05) is 0 Å². The smallest absolute Gasteiger partial charge is 0.314 e. The van der Waals surface area contributed by atoms with Crippen LogP contribution in [0.4, 0.5) is 11.4 Å². The summed E-state index contributed by atoms with van der Waals surface area (Å²) in [7, 11) is 0. The Labute approximate surface area is 263 Å². The van der Waals surface area contributed by atoms with Crippen LogP contribution in [0.15, 0.2) is 108 Å². The minimum Gasteiger partial charge on any atom is -0.508 e. The Morgan fingerprint density at radius 2 is 1.36 bits per heavy atom. The van der Waals surface area contributed by atoms with Crippen LogP contribution in [0.1, 0.15) is 31.0 Å². The second-order valence-corrected chi connectivity index (χ2v) is 12.9. The molecule has 1 aliphatic rings. The number of phenolic OH excluding ortho intramolecular Hbond substituents is 4. The van der Waals surface area contributed by atoms with Gasteiger partial charge in [0.15, 0.2) is 11.4 Å². The minimum atomic E-state index is -1.79. The third kappa shape index (κ3) is 3.60. The van der Waals surface area contributed by atoms with Crippen LogP contribution in [0.3, 0.4) is 0 Å². The second-order valence-electron chi connectivity index (χ2n) is 11.3. The number of aromatic amines is 1. The van der Waals surface area contributed by atoms with Gasteiger partial charge in [0.25, 0.3) is 5.66 Å². The van der Waals surface area contributed by atoms with Crippen molar-refractivity contribution in [3.05, 3.63) is 108 Å². The molecule has 0 amide bonds. The first-order chi connectivity index (χ1) is 21.0. The van der Waals surface area contributed by atoms with E-state index in [9.17, 15) is 20.4 Å². The van der Waals surface area contributed by atoms with E-state index in [4.69, 9.17) is 35.5 Å². The van der Waals surface area contributed by atoms with Crippen molar-refractivity contribution < 1.29 is 20.4 Å². The standard InChI is InChI=1S/C33H29N5O4S2/c1-19(2)37-16-14-23-27(37)6-4-8-29(23)38(28-7-3-5-26-22(28)13-15-34-26)32(35-36-33(38,43)44,24-11-9-20(39)17-30(24)41)25-12-10-21(40)18-31(25)42/h3-19,34H,1-2H3,(H5-,39,40,41,42,43,44)/p+1. The number of thiol groups is 2. The largest absolute Gasteiger partial charge is 0.508 e. The Hall–Kier alpha value is -4.58. The third-order valence-electron chi connectivity index (χ3n) is 8.57. The van der Waals surface area contributed by atoms with Crippen molar-refractivity contribution in [1.82, 2.24) is 14.0 Å². The van der Waals surface area contributed by atoms with E-state index < -0.39 is 9.99 Å². The highest BCUT2D eigenvalue weighted by atomic mass is 32.2. The molecule has 1 atom stereocenters. The molecule has 0 aliphatic carbocycles. The van der Waals surface area contributed by atoms with E-state index in [1.165, 1.54) is 24.3 Å². The van der Waals surface area contributed by atoms with Crippen molar-refractivity contribution >= 4 is 58.4 Å². The average molecular weight is 625 g/mol. The SMILES string of the molecule is CC(C)n1ccc2c([N+]3(c4cccc5[nH]ccc45)C(S)(S)N=NC3(c3ccc(O)cc3O)c3ccc(O)cc3O)cccc21. The van der Waals surface area contributed by atoms with E-state index >= 15 is 0 Å². The lowest BCUT2D eigenvalue weighted by Gasteiger charge is -2.50. The zero-order valence-corrected chi connectivity index (χ0v) is 25.6. The number of hydrogen-bond acceptors (Lipinski definition) is 8. The highest BCUT2D eigenvalue weighted by Gasteiger charge is 2.73. The number of rotatable bonds is 5. The lowest BCUT2D eigenvalue weighted by molar-refractivity contribution is 0.221. The van der Waals surface area contributed by atoms with Gasteiger partial charge in [0.1, 0.15) is 23.0 Å². The van der Waals surface area contributed by atoms with Crippen LogP contribution in [0.5, 0.6) is 23.0 Å². The molecule has 5 N–H and O–H groups in total. The second kappa shape index (κ2) is 9.71. The van der Waals surface area contributed by atoms with Gasteiger partial charge in [-0.1, -0.05) is 42.5 Å². The summed E-state index contributed by atoms with van der Waals surface area (Å²) in [5.74, 6) is -0.884. The first kappa shape index (κ1) is 28.2. The zero-order chi connectivity index (χ0) is 31.0. The van der Waals surface area contributed by atoms with Gasteiger partial charge in [-0.25, -0.2) is 0 Å². The van der Waals surface area contributed by atoms with E-state index in [-0.39, 0.29) is 44.6 Å². The maximum absolute atomic E-state index is 11.6. The summed E-state index contributed by atoms with van der Waals surface area (Å²) in [5.41, 5.74) is 1.78. The van der Waals surface area contributed by atoms with Crippen LogP contribution in [0.25, 0.3) is 21.8 Å². The minimum absolute atomic E-state index is 0.154. The monoisotopic (exact) mass is 624 g/mol. The van der Waals surface area contributed by atoms with Gasteiger partial charge in [0.05, 0.1) is 32.9 Å². The topological polar surface area (TPSA) is 126 Å². The molecule has 2 aromatic heterocycles. The molecule has 0 saturated carbocycles. The summed E-state index contributed by atoms with van der Waals surface area (Å²) in [5, 5.41) is 55.3. The van der Waals surface area contributed by atoms with Crippen molar-refractivity contribution in [3.8, 4) is 23.0 Å². The predicted molar refractivity (Wildman–Crippen MR) is 178 cm³/mol. The Balaban J connectivity index is 1.78. The summed E-state index contributed by atoms with van der Waals surface area (Å²) in [6.45, 7) is 4.21. The van der Waals surface area contributed by atoms with Crippen molar-refractivity contribution in [2.45, 2.75) is 29.9 Å². The summed E-state index contributed by atoms with van der Waals surface area (Å²) < 4.78 is 0.138. The third-order valence-corrected chi connectivity index (χ3v) is 9.35. The van der Waals surface area contributed by atoms with Gasteiger partial charge in [0.2, 0.25) is 0 Å². The molecular formula is C33H30N5O4S2+. The van der Waals surface area contributed by atoms with Crippen LogP contribution in [0.2, 0.25) is 0 Å². The number of H-pyrrole nitrogens is 1. The molecule has 1 unspecified atom stereocenters. The normalized spacial score (nSPS) is 18.9. The van der Waals surface area contributed by atoms with Gasteiger partial charge in [-0.3, -0.25) is 0 Å². The quantitative estimate of drug-likeness (QED) is 0.0596. The average Bonchev–Trinajstić information content (AvgIpc) is 3.68. The van der Waals surface area contributed by atoms with Gasteiger partial charge >= 0.3 is 4.33 Å². The van der Waals surface area contributed by atoms with E-state index in [2.05, 4.69) is 23.4 Å². The molecule has 6 aromatic rings. The Morgan fingerprint density at radius 3 is 1.98 bits per heavy atom. The summed E-state index contributed by atoms with van der Waals surface area (Å²) in [6.07, 6.45) is 3.86. The number of quaternary nitrogens is 1. The maximum atomic E-state index is 11.6. The molecule has 7 rings (SSSR count). The molecule has 3 heterocycles. The molecule has 222 valence electrons. The number of aromatic nitrogens is 2. The summed E-state index contributed by atoms with van der Waals surface area (Å²) in [4.78, 5) is 3.29. The van der Waals surface area contributed by atoms with Crippen LogP contribution in [-0.2, 0) is 5.66 Å². The molecule has 0 saturated heterocycles. The molecular weight excluding hydrogens is 595 g/mol. The fourth-order valence-corrected chi connectivity index (χ4v) is 7.62. The van der Waals surface area contributed by atoms with Gasteiger partial charge in [-0.2, -0.15) is 4.48 Å². The number of hydrogen-bond donors (Lipinski definition) is 7. The molecule has 1 aliphatic heterocycles. The Bertz CT molecular complexity index is 2070. The van der Waals surface area contributed by atoms with Crippen LogP contribution in [-0.4, -0.2) is 34.3 Å². The Morgan fingerprint density at radius 1 is 0.750 bits per heavy atom. The predicted octanol–water partition coefficient (Wildman–Crippen LogP) is 8.00. The van der Waals surface area contributed by atoms with Gasteiger partial charge in [0, 0.05) is 42.7 Å². The number of nitrogens with one attached hydrogen (secondary N) is 1. The zero-order valence-electron chi connectivity index (χ0n) is 23.8. The fourth-order valence-electron chi connectivity index (χ4n) is 6.81. The van der Waals surface area contributed by atoms with E-state index in [1.807, 2.05) is 60.9 Å². The lowest BCUT2D eigenvalue weighted by Crippen LogP contribution is -2.64. The highest BCUT2D eigenvalue weighted by Crippen LogP contribution is 2.67. The lowest BCUT2D eigenvalue weighted by atomic mass is 9.84. The number of azo groups is 1. The summed E-state index contributed by atoms with van der Waals surface area (Å²) >= 11 is 10.3. The first-order valence-corrected chi connectivity index (χ1v) is 14.9. The molecule has 4 aromatic carbocycles. The van der Waals surface area contributed by atoms with E-state index in [0.29, 0.717) is 11.4 Å². The Kier molecular flexibility index (Phi) is 6.23. The van der Waals surface area contributed by atoms with Gasteiger partial charge < -0.3 is 30.0 Å². The maximum Gasteiger partial charge on any atom is 0.314 e. The molecule has 0 fully saturated rings. The molecule has 9 nitrogen and oxygen atoms in total. The van der Waals surface area contributed by atoms with Crippen LogP contribution in [0, 0.1) is 0 Å². The molecule has 0 bridgehead atoms. The van der Waals surface area contributed by atoms with Crippen molar-refractivity contribution in [2.24, 2.45) is 10.2 Å². The number of phenols is 4. The number of aromatic hydroxyl groups is 4. The number of nitrogens with zero attached hydrogens (tertiary/aromatic N) is 4. The van der Waals surface area contributed by atoms with Gasteiger partial charge in [-0.15, -0.1) is 5.11 Å². The number of fused-ring (bicyclic) bond motifs is 2. The molecule has 44 heavy (non-hydrogen) atoms. The molecule has 0 spiro atoms. The van der Waals surface area contributed by atoms with E-state index in [0.717, 1.165) is 21.8 Å².